The van der Waals surface area contributed by atoms with Crippen LogP contribution in [0.3, 0.4) is 0 Å². The van der Waals surface area contributed by atoms with Crippen LogP contribution >= 0.6 is 0 Å². The summed E-state index contributed by atoms with van der Waals surface area (Å²) >= 11 is 0. The van der Waals surface area contributed by atoms with Crippen molar-refractivity contribution < 1.29 is 110 Å². The fourth-order valence-electron chi connectivity index (χ4n) is 4.82. The molecule has 26 heteroatoms. The number of Topliss-reactive ketones (excluding diaryl/α,β-unsaturated/α-hetero) is 1. The summed E-state index contributed by atoms with van der Waals surface area (Å²) in [6, 6.07) is 1.51. The van der Waals surface area contributed by atoms with Crippen LogP contribution in [0, 0.1) is 11.8 Å². The maximum absolute atomic E-state index is 13.6. The molecule has 0 saturated heterocycles. The van der Waals surface area contributed by atoms with Gasteiger partial charge in [0.2, 0.25) is 38.8 Å². The zero-order valence-corrected chi connectivity index (χ0v) is 29.6. The minimum atomic E-state index is -4.15. The second-order valence-corrected chi connectivity index (χ2v) is 13.8. The van der Waals surface area contributed by atoms with Crippen molar-refractivity contribution in [1.29, 1.82) is 0 Å². The Labute approximate surface area is 323 Å². The maximum atomic E-state index is 13.6. The Bertz CT molecular complexity index is 2130. The molecule has 0 fully saturated rings. The van der Waals surface area contributed by atoms with Gasteiger partial charge >= 0.3 is 5.91 Å². The van der Waals surface area contributed by atoms with Crippen LogP contribution < -0.4 is 14.8 Å². The smallest absolute Gasteiger partial charge is 0.308 e. The SMILES string of the molecule is [B]C(O)(O)Oc1ccc(C(O)(O)C(O)(O)NC(=O)CC(C(C)=O)S(=O)C(C)c2c(O)c(O)c(C#Cc3c(O)c(O)c(O)c(O)c3O)c(O)c2O)cc1OC([B])(O)O. The van der Waals surface area contributed by atoms with Gasteiger partial charge in [-0.3, -0.25) is 13.8 Å². The highest BCUT2D eigenvalue weighted by molar-refractivity contribution is 7.86. The van der Waals surface area contributed by atoms with Crippen LogP contribution in [0.15, 0.2) is 18.2 Å². The number of phenols is 9. The number of carbonyl (C=O) groups excluding carboxylic acids is 2. The molecule has 3 rings (SSSR count). The largest absolute Gasteiger partial charge is 0.504 e. The van der Waals surface area contributed by atoms with Crippen molar-refractivity contribution in [2.24, 2.45) is 0 Å². The lowest BCUT2D eigenvalue weighted by Gasteiger charge is -2.36. The fraction of sp³-hybridized carbons (Fsp3) is 0.290. The Balaban J connectivity index is 1.94. The number of aliphatic hydroxyl groups is 8. The van der Waals surface area contributed by atoms with E-state index >= 15 is 0 Å². The predicted molar refractivity (Wildman–Crippen MR) is 184 cm³/mol. The van der Waals surface area contributed by atoms with Gasteiger partial charge in [0.15, 0.2) is 46.0 Å². The van der Waals surface area contributed by atoms with E-state index in [0.717, 1.165) is 13.8 Å². The van der Waals surface area contributed by atoms with Gasteiger partial charge in [0, 0.05) is 22.8 Å². The number of nitrogens with one attached hydrogen (secondary N) is 1. The number of rotatable bonds is 13. The average molecular weight is 823 g/mol. The Morgan fingerprint density at radius 1 is 0.702 bits per heavy atom. The van der Waals surface area contributed by atoms with Crippen LogP contribution in [-0.4, -0.2) is 141 Å². The van der Waals surface area contributed by atoms with Crippen LogP contribution in [0.25, 0.3) is 0 Å². The van der Waals surface area contributed by atoms with Gasteiger partial charge in [0.1, 0.15) is 22.2 Å². The van der Waals surface area contributed by atoms with Crippen molar-refractivity contribution in [1.82, 2.24) is 5.32 Å². The molecular weight excluding hydrogens is 792 g/mol. The minimum absolute atomic E-state index is 0.356. The Morgan fingerprint density at radius 3 is 1.53 bits per heavy atom. The quantitative estimate of drug-likeness (QED) is 0.0254. The van der Waals surface area contributed by atoms with E-state index < -0.39 is 148 Å². The second kappa shape index (κ2) is 15.9. The summed E-state index contributed by atoms with van der Waals surface area (Å²) in [5.74, 6) is -27.9. The zero-order valence-electron chi connectivity index (χ0n) is 28.8. The molecule has 3 atom stereocenters. The number of hydrogen-bond donors (Lipinski definition) is 18. The predicted octanol–water partition coefficient (Wildman–Crippen LogP) is -4.53. The molecule has 0 spiro atoms. The van der Waals surface area contributed by atoms with Crippen molar-refractivity contribution in [2.75, 3.05) is 0 Å². The van der Waals surface area contributed by atoms with E-state index in [-0.39, 0.29) is 0 Å². The molecular formula is C31H31B2NO22S. The summed E-state index contributed by atoms with van der Waals surface area (Å²) in [6.07, 6.45) is -1.27. The highest BCUT2D eigenvalue weighted by Crippen LogP contribution is 2.52. The van der Waals surface area contributed by atoms with E-state index in [2.05, 4.69) is 9.47 Å². The van der Waals surface area contributed by atoms with Crippen molar-refractivity contribution in [2.45, 2.75) is 54.2 Å². The van der Waals surface area contributed by atoms with Gasteiger partial charge in [-0.05, 0) is 32.0 Å². The first-order chi connectivity index (χ1) is 25.8. The minimum Gasteiger partial charge on any atom is -0.504 e. The third-order valence-electron chi connectivity index (χ3n) is 7.64. The first-order valence-corrected chi connectivity index (χ1v) is 16.4. The van der Waals surface area contributed by atoms with E-state index in [1.54, 1.807) is 0 Å². The molecule has 304 valence electrons. The molecule has 0 aliphatic heterocycles. The van der Waals surface area contributed by atoms with Gasteiger partial charge in [-0.2, -0.15) is 0 Å². The Hall–Kier alpha value is -5.88. The molecule has 0 heterocycles. The van der Waals surface area contributed by atoms with Crippen molar-refractivity contribution >= 4 is 38.2 Å². The van der Waals surface area contributed by atoms with Crippen molar-refractivity contribution in [3.63, 3.8) is 0 Å². The lowest BCUT2D eigenvalue weighted by Crippen LogP contribution is -2.63. The lowest BCUT2D eigenvalue weighted by molar-refractivity contribution is -0.375. The molecule has 57 heavy (non-hydrogen) atoms. The Morgan fingerprint density at radius 2 is 1.11 bits per heavy atom. The summed E-state index contributed by atoms with van der Waals surface area (Å²) in [7, 11) is 7.02. The first kappa shape index (κ1) is 45.5. The highest BCUT2D eigenvalue weighted by Gasteiger charge is 2.51. The van der Waals surface area contributed by atoms with Gasteiger partial charge in [-0.1, -0.05) is 11.8 Å². The van der Waals surface area contributed by atoms with E-state index in [9.17, 15) is 101 Å². The summed E-state index contributed by atoms with van der Waals surface area (Å²) in [5, 5.41) is 169. The normalized spacial score (nSPS) is 13.8. The van der Waals surface area contributed by atoms with Crippen molar-refractivity contribution in [3.05, 3.63) is 40.5 Å². The molecule has 0 aromatic heterocycles. The number of phenolic OH excluding ortho intramolecular Hbond substituents is 9. The van der Waals surface area contributed by atoms with Gasteiger partial charge in [-0.15, -0.1) is 0 Å². The van der Waals surface area contributed by atoms with Crippen LogP contribution in [0.5, 0.6) is 63.2 Å². The second-order valence-electron chi connectivity index (χ2n) is 11.9. The van der Waals surface area contributed by atoms with E-state index in [0.29, 0.717) is 18.2 Å². The molecule has 0 aliphatic carbocycles. The van der Waals surface area contributed by atoms with E-state index in [4.69, 9.17) is 15.7 Å². The van der Waals surface area contributed by atoms with Crippen LogP contribution in [0.4, 0.5) is 0 Å². The maximum Gasteiger partial charge on any atom is 0.308 e. The molecule has 3 aromatic rings. The number of hydrogen-bond acceptors (Lipinski definition) is 22. The van der Waals surface area contributed by atoms with Gasteiger partial charge in [0.05, 0.1) is 10.8 Å². The fourth-order valence-corrected chi connectivity index (χ4v) is 6.41. The van der Waals surface area contributed by atoms with E-state index in [1.165, 1.54) is 5.32 Å². The molecule has 3 aromatic carbocycles. The zero-order chi connectivity index (χ0) is 43.9. The number of aromatic hydroxyl groups is 9. The summed E-state index contributed by atoms with van der Waals surface area (Å²) < 4.78 is 22.6. The van der Waals surface area contributed by atoms with Gasteiger partial charge in [-0.25, -0.2) is 0 Å². The van der Waals surface area contributed by atoms with Crippen LogP contribution in [0.1, 0.15) is 47.8 Å². The molecule has 18 N–H and O–H groups in total. The highest BCUT2D eigenvalue weighted by atomic mass is 32.2. The molecule has 23 nitrogen and oxygen atoms in total. The number of ether oxygens (including phenoxy) is 2. The third kappa shape index (κ3) is 9.57. The monoisotopic (exact) mass is 823 g/mol. The summed E-state index contributed by atoms with van der Waals surface area (Å²) in [5.41, 5.74) is -3.99. The summed E-state index contributed by atoms with van der Waals surface area (Å²) in [4.78, 5) is 25.5. The topological polar surface area (TPSA) is 426 Å². The van der Waals surface area contributed by atoms with Gasteiger partial charge in [0.25, 0.3) is 17.5 Å². The molecule has 4 radical (unpaired) electrons. The first-order valence-electron chi connectivity index (χ1n) is 15.1. The van der Waals surface area contributed by atoms with E-state index in [1.807, 2.05) is 11.8 Å². The molecule has 0 bridgehead atoms. The number of amides is 1. The lowest BCUT2D eigenvalue weighted by atomic mass is 10.0. The van der Waals surface area contributed by atoms with Crippen LogP contribution in [-0.2, 0) is 26.2 Å². The molecule has 3 unspecified atom stereocenters. The van der Waals surface area contributed by atoms with Crippen LogP contribution in [0.2, 0.25) is 0 Å². The number of carbonyl (C=O) groups is 2. The molecule has 1 amide bonds. The number of ketones is 1. The molecule has 0 saturated carbocycles. The average Bonchev–Trinajstić information content (AvgIpc) is 3.08. The van der Waals surface area contributed by atoms with Crippen molar-refractivity contribution in [3.8, 4) is 75.1 Å². The third-order valence-corrected chi connectivity index (χ3v) is 9.63. The number of benzene rings is 3. The summed E-state index contributed by atoms with van der Waals surface area (Å²) in [6.45, 7) is 1.76. The Kier molecular flexibility index (Phi) is 12.7. The standard InChI is InChI=1S/C31H31B2NO22S/c1-9(35)16(8-17(36)34-29(48,49)28(46,47)11-3-6-14(55-30(32,50)51)15(7-11)56-31(33,52)53)57(54)10(2)18-23(41)19(37)12(20(38)24(18)42)4-5-13-21(39)25(43)27(45)26(44)22(13)40/h3,6-7,10,16,37-53H,8H2,1-2H3,(H,34,36). The molecule has 0 aliphatic rings. The van der Waals surface area contributed by atoms with Gasteiger partial charge < -0.3 is 102 Å².